The zero-order valence-electron chi connectivity index (χ0n) is 7.99. The molecule has 0 saturated carbocycles. The Bertz CT molecular complexity index is 307. The van der Waals surface area contributed by atoms with Crippen molar-refractivity contribution in [3.8, 4) is 0 Å². The molecule has 2 atom stereocenters. The molecule has 0 saturated heterocycles. The van der Waals surface area contributed by atoms with Gasteiger partial charge in [-0.15, -0.1) is 0 Å². The summed E-state index contributed by atoms with van der Waals surface area (Å²) >= 11 is 0. The summed E-state index contributed by atoms with van der Waals surface area (Å²) in [5, 5.41) is 0. The van der Waals surface area contributed by atoms with Crippen LogP contribution in [0.2, 0.25) is 0 Å². The predicted molar refractivity (Wildman–Crippen MR) is 39.0 cm³/mol. The molecule has 0 spiro atoms. The largest absolute Gasteiger partial charge is 1.00 e. The Balaban J connectivity index is -0.000000214. The SMILES string of the molecule is CC(F)[S-](=O)=O.O=[S-](=O)C(F)C(F)(F)F.[Li+]. The number of halogens is 5. The zero-order chi connectivity index (χ0) is 12.8. The van der Waals surface area contributed by atoms with E-state index < -0.39 is 38.6 Å². The van der Waals surface area contributed by atoms with Gasteiger partial charge < -0.3 is 16.8 Å². The van der Waals surface area contributed by atoms with Gasteiger partial charge in [0.05, 0.1) is 5.50 Å². The minimum atomic E-state index is -5.30. The molecule has 0 amide bonds. The molecular formula is C4H5F5LiO4S2-. The maximum atomic E-state index is 11.3. The standard InChI is InChI=1S/C2HF4O2S.C2H4FO2S.Li/c3-1(9(7)8)2(4,5)6;1-2(3)6(4)5;/h1H;2H,1H3;/q2*-1;+1. The van der Waals surface area contributed by atoms with E-state index in [-0.39, 0.29) is 18.9 Å². The van der Waals surface area contributed by atoms with Gasteiger partial charge in [-0.25, -0.2) is 0 Å². The minimum Gasteiger partial charge on any atom is -0.421 e. The van der Waals surface area contributed by atoms with E-state index in [1.807, 2.05) is 0 Å². The van der Waals surface area contributed by atoms with Crippen LogP contribution in [0, 0.1) is 0 Å². The fourth-order valence-corrected chi connectivity index (χ4v) is 0.327. The number of rotatable bonds is 2. The van der Waals surface area contributed by atoms with Crippen molar-refractivity contribution in [2.45, 2.75) is 24.1 Å². The number of hydrogen-bond acceptors (Lipinski definition) is 6. The molecule has 0 rings (SSSR count). The molecule has 0 radical (unpaired) electrons. The molecule has 0 aliphatic rings. The first-order chi connectivity index (χ1) is 6.50. The van der Waals surface area contributed by atoms with Gasteiger partial charge in [0, 0.05) is 0 Å². The Morgan fingerprint density at radius 2 is 1.19 bits per heavy atom. The molecule has 2 unspecified atom stereocenters. The Hall–Kier alpha value is 0.147. The van der Waals surface area contributed by atoms with E-state index in [1.54, 1.807) is 0 Å². The van der Waals surface area contributed by atoms with E-state index in [4.69, 9.17) is 0 Å². The molecule has 94 valence electrons. The molecule has 0 fully saturated rings. The van der Waals surface area contributed by atoms with Crippen molar-refractivity contribution in [2.75, 3.05) is 0 Å². The molecule has 0 aliphatic carbocycles. The Morgan fingerprint density at radius 3 is 1.19 bits per heavy atom. The van der Waals surface area contributed by atoms with Crippen LogP contribution in [0.5, 0.6) is 0 Å². The van der Waals surface area contributed by atoms with Crippen molar-refractivity contribution in [1.29, 1.82) is 0 Å². The molecule has 0 heterocycles. The minimum absolute atomic E-state index is 0. The smallest absolute Gasteiger partial charge is 0.421 e. The molecular weight excluding hydrogens is 278 g/mol. The van der Waals surface area contributed by atoms with Crippen LogP contribution in [0.25, 0.3) is 0 Å². The maximum Gasteiger partial charge on any atom is 1.00 e. The zero-order valence-corrected chi connectivity index (χ0v) is 9.63. The van der Waals surface area contributed by atoms with Gasteiger partial charge in [-0.2, -0.15) is 13.2 Å². The van der Waals surface area contributed by atoms with Gasteiger partial charge in [-0.1, -0.05) is 0 Å². The monoisotopic (exact) mass is 283 g/mol. The van der Waals surface area contributed by atoms with E-state index in [0.717, 1.165) is 6.92 Å². The molecule has 12 heteroatoms. The third-order valence-corrected chi connectivity index (χ3v) is 1.83. The van der Waals surface area contributed by atoms with Crippen LogP contribution in [0.3, 0.4) is 0 Å². The van der Waals surface area contributed by atoms with Crippen LogP contribution in [0.15, 0.2) is 0 Å². The number of hydrogen-bond donors (Lipinski definition) is 0. The summed E-state index contributed by atoms with van der Waals surface area (Å²) < 4.78 is 92.5. The first-order valence-corrected chi connectivity index (χ1v) is 5.28. The van der Waals surface area contributed by atoms with Crippen molar-refractivity contribution in [1.82, 2.24) is 0 Å². The van der Waals surface area contributed by atoms with Crippen molar-refractivity contribution in [3.05, 3.63) is 0 Å². The second-order valence-corrected chi connectivity index (χ2v) is 4.03. The molecule has 4 nitrogen and oxygen atoms in total. The van der Waals surface area contributed by atoms with Gasteiger partial charge in [0.1, 0.15) is 0 Å². The summed E-state index contributed by atoms with van der Waals surface area (Å²) in [5.74, 6) is 0. The predicted octanol–water partition coefficient (Wildman–Crippen LogP) is -1.23. The fourth-order valence-electron chi connectivity index (χ4n) is 0.109. The molecule has 0 aromatic rings. The van der Waals surface area contributed by atoms with Crippen LogP contribution >= 0.6 is 0 Å². The summed E-state index contributed by atoms with van der Waals surface area (Å²) in [7, 11) is -6.26. The second-order valence-electron chi connectivity index (χ2n) is 1.92. The average Bonchev–Trinajstić information content (AvgIpc) is 2.02. The van der Waals surface area contributed by atoms with Crippen LogP contribution in [0.4, 0.5) is 22.0 Å². The summed E-state index contributed by atoms with van der Waals surface area (Å²) in [6, 6.07) is 0. The average molecular weight is 283 g/mol. The van der Waals surface area contributed by atoms with Crippen LogP contribution in [0.1, 0.15) is 6.92 Å². The molecule has 0 bridgehead atoms. The molecule has 0 aliphatic heterocycles. The number of alkyl halides is 5. The first kappa shape index (κ1) is 21.4. The van der Waals surface area contributed by atoms with E-state index in [1.165, 1.54) is 0 Å². The van der Waals surface area contributed by atoms with Gasteiger partial charge in [0.25, 0.3) is 0 Å². The van der Waals surface area contributed by atoms with Crippen molar-refractivity contribution >= 4 is 21.4 Å². The third kappa shape index (κ3) is 12.2. The van der Waals surface area contributed by atoms with Gasteiger partial charge in [-0.3, -0.25) is 8.78 Å². The first-order valence-electron chi connectivity index (χ1n) is 3.01. The van der Waals surface area contributed by atoms with E-state index >= 15 is 0 Å². The van der Waals surface area contributed by atoms with Crippen LogP contribution in [-0.4, -0.2) is 17.2 Å². The molecule has 0 aromatic heterocycles. The molecule has 0 aromatic carbocycles. The van der Waals surface area contributed by atoms with Gasteiger partial charge in [0.2, 0.25) is 0 Å². The van der Waals surface area contributed by atoms with Crippen LogP contribution in [-0.2, 0) is 38.2 Å². The Labute approximate surface area is 103 Å². The van der Waals surface area contributed by atoms with E-state index in [0.29, 0.717) is 0 Å². The summed E-state index contributed by atoms with van der Waals surface area (Å²) in [6.07, 6.45) is -5.30. The van der Waals surface area contributed by atoms with Crippen LogP contribution < -0.4 is 18.9 Å². The summed E-state index contributed by atoms with van der Waals surface area (Å²) in [4.78, 5) is 0. The summed E-state index contributed by atoms with van der Waals surface area (Å²) in [5.41, 5.74) is -5.50. The van der Waals surface area contributed by atoms with Crippen molar-refractivity contribution < 1.29 is 57.6 Å². The Kier molecular flexibility index (Phi) is 12.3. The normalized spacial score (nSPS) is 14.8. The van der Waals surface area contributed by atoms with Gasteiger partial charge in [0.15, 0.2) is 5.50 Å². The van der Waals surface area contributed by atoms with E-state index in [9.17, 15) is 38.8 Å². The quantitative estimate of drug-likeness (QED) is 0.361. The second kappa shape index (κ2) is 9.21. The molecule has 0 N–H and O–H groups in total. The van der Waals surface area contributed by atoms with Gasteiger partial charge >= 0.3 is 25.0 Å². The Morgan fingerprint density at radius 1 is 0.938 bits per heavy atom. The molecule has 16 heavy (non-hydrogen) atoms. The summed E-state index contributed by atoms with van der Waals surface area (Å²) in [6.45, 7) is 0.961. The third-order valence-electron chi connectivity index (χ3n) is 0.692. The van der Waals surface area contributed by atoms with E-state index in [2.05, 4.69) is 0 Å². The fraction of sp³-hybridized carbons (Fsp3) is 1.00. The maximum absolute atomic E-state index is 11.3. The topological polar surface area (TPSA) is 68.3 Å². The van der Waals surface area contributed by atoms with Crippen molar-refractivity contribution in [3.63, 3.8) is 0 Å². The van der Waals surface area contributed by atoms with Crippen molar-refractivity contribution in [2.24, 2.45) is 0 Å². The van der Waals surface area contributed by atoms with Gasteiger partial charge in [-0.05, 0) is 28.3 Å².